The van der Waals surface area contributed by atoms with Crippen LogP contribution in [0.4, 0.5) is 0 Å². The van der Waals surface area contributed by atoms with Crippen molar-refractivity contribution >= 4 is 29.2 Å². The summed E-state index contributed by atoms with van der Waals surface area (Å²) in [5.41, 5.74) is 9.98. The van der Waals surface area contributed by atoms with Crippen LogP contribution in [0.5, 0.6) is 0 Å². The third-order valence-electron chi connectivity index (χ3n) is 4.09. The van der Waals surface area contributed by atoms with E-state index < -0.39 is 0 Å². The fourth-order valence-corrected chi connectivity index (χ4v) is 2.98. The number of hydrogen-bond donors (Lipinski definition) is 3. The van der Waals surface area contributed by atoms with Crippen molar-refractivity contribution in [1.82, 2.24) is 0 Å². The van der Waals surface area contributed by atoms with Crippen molar-refractivity contribution in [2.24, 2.45) is 5.73 Å². The fourth-order valence-electron chi connectivity index (χ4n) is 2.85. The standard InChI is InChI=1S/C20H20N2OS/c21-20(22)18-8-6-15-11-17(7-5-16(15)12-18)19-4-2-1-3-14(19)9-10-23-13-24/h1-8,11-12,24H,9-10,13H2,(H3,21,22). The first-order valence-electron chi connectivity index (χ1n) is 7.84. The Morgan fingerprint density at radius 1 is 1.00 bits per heavy atom. The average Bonchev–Trinajstić information content (AvgIpc) is 2.61. The number of nitrogen functional groups attached to an aromatic ring is 1. The van der Waals surface area contributed by atoms with Gasteiger partial charge in [0.2, 0.25) is 0 Å². The minimum absolute atomic E-state index is 0.0931. The summed E-state index contributed by atoms with van der Waals surface area (Å²) in [6.07, 6.45) is 0.859. The first kappa shape index (κ1) is 16.6. The smallest absolute Gasteiger partial charge is 0.122 e. The molecule has 122 valence electrons. The molecule has 3 nitrogen and oxygen atoms in total. The maximum atomic E-state index is 7.56. The van der Waals surface area contributed by atoms with Gasteiger partial charge in [-0.25, -0.2) is 0 Å². The summed E-state index contributed by atoms with van der Waals surface area (Å²) in [4.78, 5) is 0. The lowest BCUT2D eigenvalue weighted by Crippen LogP contribution is -2.10. The third kappa shape index (κ3) is 3.61. The predicted molar refractivity (Wildman–Crippen MR) is 104 cm³/mol. The Morgan fingerprint density at radius 2 is 1.75 bits per heavy atom. The van der Waals surface area contributed by atoms with Gasteiger partial charge in [-0.2, -0.15) is 12.6 Å². The van der Waals surface area contributed by atoms with E-state index in [1.54, 1.807) is 0 Å². The fraction of sp³-hybridized carbons (Fsp3) is 0.150. The van der Waals surface area contributed by atoms with E-state index in [0.717, 1.165) is 22.8 Å². The normalized spacial score (nSPS) is 10.9. The topological polar surface area (TPSA) is 59.1 Å². The number of amidine groups is 1. The van der Waals surface area contributed by atoms with Gasteiger partial charge >= 0.3 is 0 Å². The number of rotatable bonds is 6. The van der Waals surface area contributed by atoms with Gasteiger partial charge in [-0.15, -0.1) is 0 Å². The van der Waals surface area contributed by atoms with Crippen LogP contribution < -0.4 is 5.73 Å². The van der Waals surface area contributed by atoms with Crippen molar-refractivity contribution < 1.29 is 4.74 Å². The van der Waals surface area contributed by atoms with E-state index >= 15 is 0 Å². The SMILES string of the molecule is N=C(N)c1ccc2cc(-c3ccccc3CCOCS)ccc2c1. The molecule has 0 aliphatic rings. The van der Waals surface area contributed by atoms with Gasteiger partial charge < -0.3 is 10.5 Å². The van der Waals surface area contributed by atoms with Crippen molar-refractivity contribution in [2.75, 3.05) is 12.5 Å². The Labute approximate surface area is 147 Å². The molecule has 0 heterocycles. The van der Waals surface area contributed by atoms with Crippen LogP contribution in [0.2, 0.25) is 0 Å². The lowest BCUT2D eigenvalue weighted by molar-refractivity contribution is 0.187. The van der Waals surface area contributed by atoms with Gasteiger partial charge in [-0.3, -0.25) is 5.41 Å². The molecule has 0 radical (unpaired) electrons. The minimum atomic E-state index is 0.0931. The van der Waals surface area contributed by atoms with Gasteiger partial charge in [0.05, 0.1) is 12.5 Å². The summed E-state index contributed by atoms with van der Waals surface area (Å²) in [6.45, 7) is 0.663. The summed E-state index contributed by atoms with van der Waals surface area (Å²) < 4.78 is 5.37. The molecule has 0 saturated carbocycles. The molecule has 0 aliphatic carbocycles. The van der Waals surface area contributed by atoms with Gasteiger partial charge in [0, 0.05) is 5.56 Å². The van der Waals surface area contributed by atoms with E-state index in [1.165, 1.54) is 16.7 Å². The van der Waals surface area contributed by atoms with E-state index in [2.05, 4.69) is 55.1 Å². The van der Waals surface area contributed by atoms with Crippen LogP contribution >= 0.6 is 12.6 Å². The molecule has 0 spiro atoms. The van der Waals surface area contributed by atoms with Gasteiger partial charge in [0.1, 0.15) is 5.84 Å². The highest BCUT2D eigenvalue weighted by Crippen LogP contribution is 2.28. The first-order chi connectivity index (χ1) is 11.7. The molecule has 0 atom stereocenters. The molecule has 0 aliphatic heterocycles. The quantitative estimate of drug-likeness (QED) is 0.207. The Balaban J connectivity index is 1.98. The zero-order valence-corrected chi connectivity index (χ0v) is 14.2. The number of nitrogens with two attached hydrogens (primary N) is 1. The van der Waals surface area contributed by atoms with Crippen molar-refractivity contribution in [3.05, 3.63) is 71.8 Å². The molecule has 3 rings (SSSR count). The lowest BCUT2D eigenvalue weighted by Gasteiger charge is -2.11. The lowest BCUT2D eigenvalue weighted by atomic mass is 9.95. The Morgan fingerprint density at radius 3 is 2.54 bits per heavy atom. The van der Waals surface area contributed by atoms with Gasteiger partial charge in [-0.05, 0) is 46.0 Å². The highest BCUT2D eigenvalue weighted by molar-refractivity contribution is 7.80. The molecular formula is C20H20N2OS. The number of thiol groups is 1. The van der Waals surface area contributed by atoms with Gasteiger partial charge in [0.25, 0.3) is 0 Å². The van der Waals surface area contributed by atoms with Crippen molar-refractivity contribution in [2.45, 2.75) is 6.42 Å². The highest BCUT2D eigenvalue weighted by Gasteiger charge is 2.06. The monoisotopic (exact) mass is 336 g/mol. The second-order valence-electron chi connectivity index (χ2n) is 5.63. The molecule has 0 bridgehead atoms. The van der Waals surface area contributed by atoms with Crippen LogP contribution in [0, 0.1) is 5.41 Å². The summed E-state index contributed by atoms with van der Waals surface area (Å²) in [5.74, 6) is 0.534. The number of benzene rings is 3. The van der Waals surface area contributed by atoms with E-state index in [4.69, 9.17) is 15.9 Å². The second kappa shape index (κ2) is 7.51. The van der Waals surface area contributed by atoms with Crippen LogP contribution in [-0.4, -0.2) is 18.4 Å². The maximum Gasteiger partial charge on any atom is 0.122 e. The van der Waals surface area contributed by atoms with Crippen LogP contribution in [0.15, 0.2) is 60.7 Å². The molecule has 0 saturated heterocycles. The highest BCUT2D eigenvalue weighted by atomic mass is 32.1. The molecule has 0 unspecified atom stereocenters. The summed E-state index contributed by atoms with van der Waals surface area (Å²) in [7, 11) is 0. The Hall–Kier alpha value is -2.30. The first-order valence-corrected chi connectivity index (χ1v) is 8.47. The third-order valence-corrected chi connectivity index (χ3v) is 4.27. The molecule has 24 heavy (non-hydrogen) atoms. The molecule has 0 amide bonds. The zero-order valence-electron chi connectivity index (χ0n) is 13.3. The van der Waals surface area contributed by atoms with Gasteiger partial charge in [0.15, 0.2) is 0 Å². The number of nitrogens with one attached hydrogen (secondary N) is 1. The van der Waals surface area contributed by atoms with E-state index in [9.17, 15) is 0 Å². The number of fused-ring (bicyclic) bond motifs is 1. The summed E-state index contributed by atoms with van der Waals surface area (Å²) in [6, 6.07) is 20.6. The molecule has 0 fully saturated rings. The van der Waals surface area contributed by atoms with Crippen molar-refractivity contribution in [3.63, 3.8) is 0 Å². The van der Waals surface area contributed by atoms with E-state index in [0.29, 0.717) is 12.5 Å². The molecule has 3 aromatic carbocycles. The Kier molecular flexibility index (Phi) is 5.18. The molecule has 3 N–H and O–H groups in total. The van der Waals surface area contributed by atoms with Gasteiger partial charge in [-0.1, -0.05) is 48.5 Å². The van der Waals surface area contributed by atoms with Crippen LogP contribution in [-0.2, 0) is 11.2 Å². The van der Waals surface area contributed by atoms with E-state index in [1.807, 2.05) is 18.2 Å². The van der Waals surface area contributed by atoms with Crippen molar-refractivity contribution in [3.8, 4) is 11.1 Å². The maximum absolute atomic E-state index is 7.56. The Bertz CT molecular complexity index is 876. The zero-order chi connectivity index (χ0) is 16.9. The van der Waals surface area contributed by atoms with Crippen molar-refractivity contribution in [1.29, 1.82) is 5.41 Å². The van der Waals surface area contributed by atoms with Crippen LogP contribution in [0.1, 0.15) is 11.1 Å². The summed E-state index contributed by atoms with van der Waals surface area (Å²) >= 11 is 4.08. The summed E-state index contributed by atoms with van der Waals surface area (Å²) in [5, 5.41) is 9.78. The molecule has 4 heteroatoms. The molecule has 3 aromatic rings. The minimum Gasteiger partial charge on any atom is -0.384 e. The second-order valence-corrected chi connectivity index (χ2v) is 5.89. The molecular weight excluding hydrogens is 316 g/mol. The van der Waals surface area contributed by atoms with Crippen LogP contribution in [0.3, 0.4) is 0 Å². The molecule has 0 aromatic heterocycles. The average molecular weight is 336 g/mol. The predicted octanol–water partition coefficient (Wildman–Crippen LogP) is 4.24. The van der Waals surface area contributed by atoms with E-state index in [-0.39, 0.29) is 5.84 Å². The number of ether oxygens (including phenoxy) is 1. The van der Waals surface area contributed by atoms with Crippen LogP contribution in [0.25, 0.3) is 21.9 Å². The largest absolute Gasteiger partial charge is 0.384 e. The number of hydrogen-bond acceptors (Lipinski definition) is 3.